The van der Waals surface area contributed by atoms with Crippen LogP contribution >= 0.6 is 0 Å². The summed E-state index contributed by atoms with van der Waals surface area (Å²) in [5.74, 6) is -0.623. The second kappa shape index (κ2) is 7.13. The highest BCUT2D eigenvalue weighted by molar-refractivity contribution is 5.97. The third-order valence-electron chi connectivity index (χ3n) is 4.05. The van der Waals surface area contributed by atoms with Crippen molar-refractivity contribution >= 4 is 11.8 Å². The fraction of sp³-hybridized carbons (Fsp3) is 0.333. The summed E-state index contributed by atoms with van der Waals surface area (Å²) in [6.07, 6.45) is 0.726. The standard InChI is InChI=1S/C18H23N3O2/c1-5-12(2)17(22)19-20-18(23)16-11-13(3)21(14(16)4)15-9-7-6-8-10-15/h6-12H,5H2,1-4H3,(H,19,22)(H,20,23)/t12-/m1/s1. The van der Waals surface area contributed by atoms with Crippen molar-refractivity contribution in [3.8, 4) is 5.69 Å². The van der Waals surface area contributed by atoms with Crippen LogP contribution in [-0.2, 0) is 4.79 Å². The van der Waals surface area contributed by atoms with Crippen LogP contribution in [0.2, 0.25) is 0 Å². The number of hydrazine groups is 1. The molecule has 23 heavy (non-hydrogen) atoms. The zero-order valence-corrected chi connectivity index (χ0v) is 14.0. The van der Waals surface area contributed by atoms with Crippen LogP contribution in [0, 0.1) is 19.8 Å². The Hall–Kier alpha value is -2.56. The molecule has 0 unspecified atom stereocenters. The summed E-state index contributed by atoms with van der Waals surface area (Å²) in [5.41, 5.74) is 8.33. The number of hydrogen-bond donors (Lipinski definition) is 2. The molecule has 5 nitrogen and oxygen atoms in total. The highest BCUT2D eigenvalue weighted by Gasteiger charge is 2.18. The highest BCUT2D eigenvalue weighted by Crippen LogP contribution is 2.20. The van der Waals surface area contributed by atoms with Gasteiger partial charge in [0.1, 0.15) is 0 Å². The lowest BCUT2D eigenvalue weighted by molar-refractivity contribution is -0.125. The molecule has 0 aliphatic heterocycles. The van der Waals surface area contributed by atoms with Gasteiger partial charge in [-0.2, -0.15) is 0 Å². The molecule has 0 spiro atoms. The van der Waals surface area contributed by atoms with Crippen molar-refractivity contribution in [2.45, 2.75) is 34.1 Å². The van der Waals surface area contributed by atoms with E-state index in [-0.39, 0.29) is 17.7 Å². The first-order valence-electron chi connectivity index (χ1n) is 7.80. The van der Waals surface area contributed by atoms with Crippen LogP contribution in [0.5, 0.6) is 0 Å². The van der Waals surface area contributed by atoms with E-state index in [1.54, 1.807) is 0 Å². The van der Waals surface area contributed by atoms with Crippen LogP contribution in [0.3, 0.4) is 0 Å². The monoisotopic (exact) mass is 313 g/mol. The highest BCUT2D eigenvalue weighted by atomic mass is 16.2. The molecule has 1 atom stereocenters. The molecule has 2 amide bonds. The van der Waals surface area contributed by atoms with Crippen LogP contribution in [0.4, 0.5) is 0 Å². The Morgan fingerprint density at radius 3 is 2.39 bits per heavy atom. The minimum atomic E-state index is -0.308. The number of aryl methyl sites for hydroxylation is 1. The molecule has 0 saturated heterocycles. The van der Waals surface area contributed by atoms with Crippen molar-refractivity contribution in [3.05, 3.63) is 53.3 Å². The van der Waals surface area contributed by atoms with Gasteiger partial charge in [-0.15, -0.1) is 0 Å². The number of carbonyl (C=O) groups is 2. The molecule has 1 aromatic carbocycles. The fourth-order valence-corrected chi connectivity index (χ4v) is 2.46. The summed E-state index contributed by atoms with van der Waals surface area (Å²) in [5, 5.41) is 0. The molecule has 0 radical (unpaired) electrons. The van der Waals surface area contributed by atoms with E-state index in [4.69, 9.17) is 0 Å². The molecular weight excluding hydrogens is 290 g/mol. The largest absolute Gasteiger partial charge is 0.318 e. The Bertz CT molecular complexity index is 705. The van der Waals surface area contributed by atoms with Crippen molar-refractivity contribution in [3.63, 3.8) is 0 Å². The molecule has 5 heteroatoms. The quantitative estimate of drug-likeness (QED) is 0.853. The van der Waals surface area contributed by atoms with E-state index in [2.05, 4.69) is 10.9 Å². The van der Waals surface area contributed by atoms with Crippen molar-refractivity contribution in [2.75, 3.05) is 0 Å². The number of para-hydroxylation sites is 1. The average molecular weight is 313 g/mol. The first-order valence-corrected chi connectivity index (χ1v) is 7.80. The molecular formula is C18H23N3O2. The molecule has 0 aliphatic rings. The smallest absolute Gasteiger partial charge is 0.271 e. The lowest BCUT2D eigenvalue weighted by Crippen LogP contribution is -2.44. The Kier molecular flexibility index (Phi) is 5.21. The fourth-order valence-electron chi connectivity index (χ4n) is 2.46. The number of amides is 2. The number of carbonyl (C=O) groups excluding carboxylic acids is 2. The van der Waals surface area contributed by atoms with Gasteiger partial charge in [0.15, 0.2) is 0 Å². The van der Waals surface area contributed by atoms with E-state index in [1.807, 2.05) is 68.7 Å². The van der Waals surface area contributed by atoms with Gasteiger partial charge in [-0.1, -0.05) is 32.0 Å². The number of aromatic nitrogens is 1. The Balaban J connectivity index is 2.18. The second-order valence-electron chi connectivity index (χ2n) is 5.71. The van der Waals surface area contributed by atoms with E-state index < -0.39 is 0 Å². The maximum atomic E-state index is 12.3. The maximum absolute atomic E-state index is 12.3. The van der Waals surface area contributed by atoms with Gasteiger partial charge in [0.25, 0.3) is 5.91 Å². The van der Waals surface area contributed by atoms with Gasteiger partial charge in [-0.05, 0) is 38.5 Å². The maximum Gasteiger partial charge on any atom is 0.271 e. The zero-order chi connectivity index (χ0) is 17.0. The van der Waals surface area contributed by atoms with Crippen molar-refractivity contribution < 1.29 is 9.59 Å². The predicted molar refractivity (Wildman–Crippen MR) is 90.3 cm³/mol. The van der Waals surface area contributed by atoms with Crippen LogP contribution < -0.4 is 10.9 Å². The number of hydrogen-bond acceptors (Lipinski definition) is 2. The van der Waals surface area contributed by atoms with E-state index in [0.29, 0.717) is 5.56 Å². The third kappa shape index (κ3) is 3.62. The molecule has 0 saturated carbocycles. The molecule has 0 fully saturated rings. The summed E-state index contributed by atoms with van der Waals surface area (Å²) in [7, 11) is 0. The summed E-state index contributed by atoms with van der Waals surface area (Å²) in [6, 6.07) is 11.7. The molecule has 2 N–H and O–H groups in total. The van der Waals surface area contributed by atoms with Crippen LogP contribution in [-0.4, -0.2) is 16.4 Å². The van der Waals surface area contributed by atoms with Crippen LogP contribution in [0.25, 0.3) is 5.69 Å². The molecule has 2 aromatic rings. The molecule has 122 valence electrons. The lowest BCUT2D eigenvalue weighted by Gasteiger charge is -2.12. The lowest BCUT2D eigenvalue weighted by atomic mass is 10.1. The SMILES string of the molecule is CC[C@@H](C)C(=O)NNC(=O)c1cc(C)n(-c2ccccc2)c1C. The first kappa shape index (κ1) is 16.8. The summed E-state index contributed by atoms with van der Waals surface area (Å²) >= 11 is 0. The molecule has 2 rings (SSSR count). The van der Waals surface area contributed by atoms with Gasteiger partial charge >= 0.3 is 0 Å². The average Bonchev–Trinajstić information content (AvgIpc) is 2.86. The predicted octanol–water partition coefficient (Wildman–Crippen LogP) is 2.90. The van der Waals surface area contributed by atoms with E-state index in [0.717, 1.165) is 23.5 Å². The van der Waals surface area contributed by atoms with Crippen LogP contribution in [0.15, 0.2) is 36.4 Å². The minimum absolute atomic E-state index is 0.132. The van der Waals surface area contributed by atoms with Gasteiger partial charge in [0, 0.05) is 23.0 Å². The molecule has 0 aliphatic carbocycles. The minimum Gasteiger partial charge on any atom is -0.318 e. The van der Waals surface area contributed by atoms with Crippen molar-refractivity contribution in [1.82, 2.24) is 15.4 Å². The van der Waals surface area contributed by atoms with Gasteiger partial charge in [0.05, 0.1) is 5.56 Å². The third-order valence-corrected chi connectivity index (χ3v) is 4.05. The van der Waals surface area contributed by atoms with Gasteiger partial charge < -0.3 is 4.57 Å². The Morgan fingerprint density at radius 1 is 1.13 bits per heavy atom. The normalized spacial score (nSPS) is 11.8. The number of nitrogens with zero attached hydrogens (tertiary/aromatic N) is 1. The summed E-state index contributed by atoms with van der Waals surface area (Å²) < 4.78 is 2.02. The second-order valence-corrected chi connectivity index (χ2v) is 5.71. The van der Waals surface area contributed by atoms with E-state index >= 15 is 0 Å². The zero-order valence-electron chi connectivity index (χ0n) is 14.0. The molecule has 0 bridgehead atoms. The Labute approximate surface area is 136 Å². The number of nitrogens with one attached hydrogen (secondary N) is 2. The summed E-state index contributed by atoms with van der Waals surface area (Å²) in [4.78, 5) is 24.1. The number of benzene rings is 1. The topological polar surface area (TPSA) is 63.1 Å². The summed E-state index contributed by atoms with van der Waals surface area (Å²) in [6.45, 7) is 7.60. The molecule has 1 aromatic heterocycles. The molecule has 1 heterocycles. The van der Waals surface area contributed by atoms with Gasteiger partial charge in [-0.3, -0.25) is 20.4 Å². The number of rotatable bonds is 4. The first-order chi connectivity index (χ1) is 11.0. The van der Waals surface area contributed by atoms with E-state index in [1.165, 1.54) is 0 Å². The van der Waals surface area contributed by atoms with Gasteiger partial charge in [0.2, 0.25) is 5.91 Å². The van der Waals surface area contributed by atoms with Crippen molar-refractivity contribution in [1.29, 1.82) is 0 Å². The van der Waals surface area contributed by atoms with Gasteiger partial charge in [-0.25, -0.2) is 0 Å². The van der Waals surface area contributed by atoms with E-state index in [9.17, 15) is 9.59 Å². The van der Waals surface area contributed by atoms with Crippen LogP contribution in [0.1, 0.15) is 42.0 Å². The Morgan fingerprint density at radius 2 is 1.78 bits per heavy atom. The van der Waals surface area contributed by atoms with Crippen molar-refractivity contribution in [2.24, 2.45) is 5.92 Å².